The Morgan fingerprint density at radius 2 is 1.84 bits per heavy atom. The zero-order valence-corrected chi connectivity index (χ0v) is 18.9. The van der Waals surface area contributed by atoms with Crippen molar-refractivity contribution in [2.45, 2.75) is 24.5 Å². The number of imidazole rings is 1. The molecule has 175 valence electrons. The third-order valence-corrected chi connectivity index (χ3v) is 11.7. The van der Waals surface area contributed by atoms with Gasteiger partial charge in [-0.2, -0.15) is 0 Å². The standard InChI is InChI=1S/C11H19AsN5O12P2/c13-9-6-10(15-3-14-9)17(4-16-6)11-8(19)7(18)5(28-11)1-27-31(25,26)29-30(23,24)2-12(20,21)22/h3-5,7-8,11,18-22H,1-2H2,(H,23,24)(H,25,26)(H2,13,14,15)/t5-,7-,8-,11-/m1/s1. The molecule has 0 amide bonds. The van der Waals surface area contributed by atoms with Crippen LogP contribution in [0.25, 0.3) is 11.2 Å². The number of aliphatic hydroxyl groups is 2. The molecule has 1 saturated heterocycles. The van der Waals surface area contributed by atoms with Crippen molar-refractivity contribution in [1.82, 2.24) is 19.5 Å². The molecule has 31 heavy (non-hydrogen) atoms. The first-order valence-corrected chi connectivity index (χ1v) is 15.3. The Morgan fingerprint density at radius 1 is 1.16 bits per heavy atom. The van der Waals surface area contributed by atoms with E-state index in [1.165, 1.54) is 10.9 Å². The van der Waals surface area contributed by atoms with Gasteiger partial charge in [-0.3, -0.25) is 0 Å². The van der Waals surface area contributed by atoms with Crippen molar-refractivity contribution in [2.24, 2.45) is 0 Å². The zero-order chi connectivity index (χ0) is 23.2. The molecular weight excluding hydrogens is 531 g/mol. The number of hydrogen-bond donors (Lipinski definition) is 8. The summed E-state index contributed by atoms with van der Waals surface area (Å²) in [6, 6.07) is 0. The van der Waals surface area contributed by atoms with Crippen LogP contribution in [0.3, 0.4) is 0 Å². The van der Waals surface area contributed by atoms with Crippen LogP contribution in [0, 0.1) is 0 Å². The van der Waals surface area contributed by atoms with E-state index >= 15 is 0 Å². The first kappa shape index (κ1) is 24.6. The van der Waals surface area contributed by atoms with Gasteiger partial charge in [-0.1, -0.05) is 0 Å². The Bertz CT molecular complexity index is 1050. The van der Waals surface area contributed by atoms with Gasteiger partial charge in [-0.15, -0.1) is 0 Å². The van der Waals surface area contributed by atoms with Crippen molar-refractivity contribution < 1.29 is 55.0 Å². The van der Waals surface area contributed by atoms with Crippen molar-refractivity contribution in [3.63, 3.8) is 0 Å². The molecule has 6 atom stereocenters. The van der Waals surface area contributed by atoms with Gasteiger partial charge in [0, 0.05) is 0 Å². The first-order valence-electron chi connectivity index (χ1n) is 8.20. The zero-order valence-electron chi connectivity index (χ0n) is 15.3. The summed E-state index contributed by atoms with van der Waals surface area (Å²) in [5.74, 6) is 0.0601. The monoisotopic (exact) mass is 550 g/mol. The molecule has 0 spiro atoms. The number of phosphoric acid groups is 1. The molecule has 0 aliphatic carbocycles. The molecule has 1 aliphatic rings. The second-order valence-corrected chi connectivity index (χ2v) is 14.5. The van der Waals surface area contributed by atoms with Crippen molar-refractivity contribution in [2.75, 3.05) is 17.3 Å². The summed E-state index contributed by atoms with van der Waals surface area (Å²) < 4.78 is 65.4. The van der Waals surface area contributed by atoms with Gasteiger partial charge < -0.3 is 5.73 Å². The topological polar surface area (TPSA) is 273 Å². The molecular formula is C11H19AsN5O12P2. The van der Waals surface area contributed by atoms with E-state index in [-0.39, 0.29) is 17.0 Å². The van der Waals surface area contributed by atoms with Crippen LogP contribution in [0.4, 0.5) is 5.82 Å². The number of aromatic nitrogens is 4. The van der Waals surface area contributed by atoms with Crippen LogP contribution in [-0.2, 0) is 22.7 Å². The van der Waals surface area contributed by atoms with Gasteiger partial charge >= 0.3 is 153 Å². The summed E-state index contributed by atoms with van der Waals surface area (Å²) in [5.41, 5.74) is 6.06. The fourth-order valence-corrected chi connectivity index (χ4v) is 9.26. The quantitative estimate of drug-likeness (QED) is 0.119. The van der Waals surface area contributed by atoms with Crippen molar-refractivity contribution in [3.05, 3.63) is 12.7 Å². The summed E-state index contributed by atoms with van der Waals surface area (Å²) in [5, 5.41) is 20.5. The minimum absolute atomic E-state index is 0.0601. The van der Waals surface area contributed by atoms with Crippen molar-refractivity contribution >= 4 is 47.0 Å². The normalized spacial score (nSPS) is 28.5. The third kappa shape index (κ3) is 5.86. The Kier molecular flexibility index (Phi) is 6.92. The van der Waals surface area contributed by atoms with Gasteiger partial charge in [0.25, 0.3) is 0 Å². The van der Waals surface area contributed by atoms with Crippen LogP contribution in [0.15, 0.2) is 12.7 Å². The number of aliphatic hydroxyl groups excluding tert-OH is 2. The molecule has 1 fully saturated rings. The number of nitrogens with two attached hydrogens (primary N) is 1. The van der Waals surface area contributed by atoms with Crippen LogP contribution in [0.5, 0.6) is 0 Å². The molecule has 3 rings (SSSR count). The summed E-state index contributed by atoms with van der Waals surface area (Å²) in [6.07, 6.45) is -3.48. The molecule has 0 aromatic carbocycles. The first-order chi connectivity index (χ1) is 14.2. The van der Waals surface area contributed by atoms with E-state index in [0.717, 1.165) is 6.33 Å². The number of hydrogen-bond acceptors (Lipinski definition) is 14. The van der Waals surface area contributed by atoms with Crippen LogP contribution < -0.4 is 5.73 Å². The van der Waals surface area contributed by atoms with E-state index in [4.69, 9.17) is 22.8 Å². The van der Waals surface area contributed by atoms with E-state index in [9.17, 15) is 29.1 Å². The van der Waals surface area contributed by atoms with Gasteiger partial charge in [-0.25, -0.2) is 4.98 Å². The number of phosphoric ester groups is 1. The van der Waals surface area contributed by atoms with Crippen molar-refractivity contribution in [1.29, 1.82) is 0 Å². The summed E-state index contributed by atoms with van der Waals surface area (Å²) in [4.78, 5) is 29.2. The molecule has 2 aromatic rings. The minimum atomic E-state index is -5.42. The summed E-state index contributed by atoms with van der Waals surface area (Å²) in [6.45, 7) is -0.880. The van der Waals surface area contributed by atoms with Crippen LogP contribution in [-0.4, -0.2) is 96.2 Å². The second kappa shape index (κ2) is 8.72. The number of ether oxygens (including phenoxy) is 1. The molecule has 0 bridgehead atoms. The fourth-order valence-electron chi connectivity index (χ4n) is 2.77. The molecule has 9 N–H and O–H groups in total. The molecule has 20 heteroatoms. The van der Waals surface area contributed by atoms with Crippen LogP contribution in [0.2, 0.25) is 0 Å². The maximum absolute atomic E-state index is 11.9. The van der Waals surface area contributed by atoms with Gasteiger partial charge in [0.2, 0.25) is 0 Å². The Morgan fingerprint density at radius 3 is 2.48 bits per heavy atom. The van der Waals surface area contributed by atoms with Gasteiger partial charge in [0.05, 0.1) is 0 Å². The molecule has 2 aromatic heterocycles. The van der Waals surface area contributed by atoms with Gasteiger partial charge in [0.15, 0.2) is 5.82 Å². The predicted molar refractivity (Wildman–Crippen MR) is 99.6 cm³/mol. The molecule has 3 heterocycles. The van der Waals surface area contributed by atoms with E-state index in [1.807, 2.05) is 0 Å². The molecule has 1 aliphatic heterocycles. The number of nitrogen functional groups attached to an aromatic ring is 1. The van der Waals surface area contributed by atoms with Crippen LogP contribution >= 0.6 is 15.4 Å². The number of anilines is 1. The molecule has 2 unspecified atom stereocenters. The second-order valence-electron chi connectivity index (χ2n) is 6.45. The van der Waals surface area contributed by atoms with E-state index < -0.39 is 66.1 Å². The van der Waals surface area contributed by atoms with Gasteiger partial charge in [0.1, 0.15) is 6.33 Å². The Hall–Kier alpha value is -1.03. The third-order valence-electron chi connectivity index (χ3n) is 4.00. The predicted octanol–water partition coefficient (Wildman–Crippen LogP) is -3.20. The summed E-state index contributed by atoms with van der Waals surface area (Å²) in [7, 11) is -10.4. The fraction of sp³-hybridized carbons (Fsp3) is 0.545. The van der Waals surface area contributed by atoms with Crippen molar-refractivity contribution in [3.8, 4) is 0 Å². The molecule has 0 saturated carbocycles. The van der Waals surface area contributed by atoms with E-state index in [2.05, 4.69) is 23.8 Å². The SMILES string of the molecule is Nc1ncnc2c1ncn2[C@@H]1O[C@H](COP(=O)(O)OP(=O)(O)C[As](O)(O)O)[C@@H](O)[C@H]1O. The average molecular weight is 550 g/mol. The van der Waals surface area contributed by atoms with E-state index in [1.54, 1.807) is 0 Å². The average Bonchev–Trinajstić information content (AvgIpc) is 3.13. The van der Waals surface area contributed by atoms with Crippen LogP contribution in [0.1, 0.15) is 6.23 Å². The Balaban J connectivity index is 1.68. The molecule has 17 nitrogen and oxygen atoms in total. The number of rotatable bonds is 8. The molecule has 1 radical (unpaired) electrons. The number of nitrogens with zero attached hydrogens (tertiary/aromatic N) is 4. The summed E-state index contributed by atoms with van der Waals surface area (Å²) >= 11 is -5.42. The number of fused-ring (bicyclic) bond motifs is 1. The van der Waals surface area contributed by atoms with E-state index in [0.29, 0.717) is 0 Å². The Labute approximate surface area is 176 Å². The van der Waals surface area contributed by atoms with Gasteiger partial charge in [-0.05, 0) is 0 Å². The maximum atomic E-state index is 11.9.